The summed E-state index contributed by atoms with van der Waals surface area (Å²) in [5.41, 5.74) is 0.532. The first-order valence-electron chi connectivity index (χ1n) is 6.66. The van der Waals surface area contributed by atoms with Crippen molar-refractivity contribution in [3.05, 3.63) is 0 Å². The smallest absolute Gasteiger partial charge is 0.319 e. The van der Waals surface area contributed by atoms with E-state index in [9.17, 15) is 4.79 Å². The standard InChI is InChI=1S/C13H23NO2/c1-2-16-12(15)10-14-11-6-9-13(11)7-4-3-5-8-13/h11,14H,2-10H2,1H3. The van der Waals surface area contributed by atoms with Gasteiger partial charge in [0.05, 0.1) is 13.2 Å². The summed E-state index contributed by atoms with van der Waals surface area (Å²) in [4.78, 5) is 11.3. The van der Waals surface area contributed by atoms with Crippen molar-refractivity contribution >= 4 is 5.97 Å². The van der Waals surface area contributed by atoms with Crippen molar-refractivity contribution in [2.75, 3.05) is 13.2 Å². The van der Waals surface area contributed by atoms with Gasteiger partial charge in [-0.1, -0.05) is 19.3 Å². The number of hydrogen-bond donors (Lipinski definition) is 1. The molecule has 0 aliphatic heterocycles. The number of ether oxygens (including phenoxy) is 1. The van der Waals surface area contributed by atoms with Gasteiger partial charge < -0.3 is 10.1 Å². The Balaban J connectivity index is 1.75. The third kappa shape index (κ3) is 2.40. The van der Waals surface area contributed by atoms with E-state index in [2.05, 4.69) is 5.32 Å². The molecule has 3 heteroatoms. The zero-order chi connectivity index (χ0) is 11.4. The molecule has 2 fully saturated rings. The molecule has 0 heterocycles. The SMILES string of the molecule is CCOC(=O)CNC1CCC12CCCCC2. The van der Waals surface area contributed by atoms with Gasteiger partial charge in [0, 0.05) is 6.04 Å². The third-order valence-electron chi connectivity index (χ3n) is 4.32. The van der Waals surface area contributed by atoms with E-state index in [-0.39, 0.29) is 5.97 Å². The molecule has 1 N–H and O–H groups in total. The van der Waals surface area contributed by atoms with Crippen LogP contribution in [-0.2, 0) is 9.53 Å². The van der Waals surface area contributed by atoms with Crippen LogP contribution < -0.4 is 5.32 Å². The first-order chi connectivity index (χ1) is 7.77. The molecule has 0 saturated heterocycles. The largest absolute Gasteiger partial charge is 0.465 e. The van der Waals surface area contributed by atoms with Crippen molar-refractivity contribution in [3.8, 4) is 0 Å². The number of hydrogen-bond acceptors (Lipinski definition) is 3. The van der Waals surface area contributed by atoms with Crippen LogP contribution in [0.3, 0.4) is 0 Å². The Morgan fingerprint density at radius 2 is 2.06 bits per heavy atom. The number of carbonyl (C=O) groups excluding carboxylic acids is 1. The molecule has 2 aliphatic rings. The molecule has 1 unspecified atom stereocenters. The maximum atomic E-state index is 11.3. The van der Waals surface area contributed by atoms with Crippen molar-refractivity contribution in [2.45, 2.75) is 57.9 Å². The fraction of sp³-hybridized carbons (Fsp3) is 0.923. The quantitative estimate of drug-likeness (QED) is 0.746. The van der Waals surface area contributed by atoms with E-state index in [1.165, 1.54) is 44.9 Å². The lowest BCUT2D eigenvalue weighted by Crippen LogP contribution is -2.55. The maximum absolute atomic E-state index is 11.3. The molecular formula is C13H23NO2. The average Bonchev–Trinajstić information content (AvgIpc) is 2.29. The van der Waals surface area contributed by atoms with Crippen molar-refractivity contribution in [3.63, 3.8) is 0 Å². The second-order valence-corrected chi connectivity index (χ2v) is 5.20. The van der Waals surface area contributed by atoms with Gasteiger partial charge in [-0.2, -0.15) is 0 Å². The molecule has 92 valence electrons. The molecular weight excluding hydrogens is 202 g/mol. The molecule has 2 aliphatic carbocycles. The molecule has 0 amide bonds. The van der Waals surface area contributed by atoms with Crippen LogP contribution in [0.15, 0.2) is 0 Å². The number of rotatable bonds is 4. The molecule has 2 saturated carbocycles. The van der Waals surface area contributed by atoms with E-state index in [1.807, 2.05) is 6.92 Å². The second kappa shape index (κ2) is 5.17. The minimum atomic E-state index is -0.111. The Hall–Kier alpha value is -0.570. The molecule has 1 atom stereocenters. The Labute approximate surface area is 97.9 Å². The zero-order valence-electron chi connectivity index (χ0n) is 10.3. The highest BCUT2D eigenvalue weighted by atomic mass is 16.5. The molecule has 0 radical (unpaired) electrons. The van der Waals surface area contributed by atoms with Crippen LogP contribution in [0.5, 0.6) is 0 Å². The Bertz CT molecular complexity index is 246. The lowest BCUT2D eigenvalue weighted by atomic mass is 9.57. The second-order valence-electron chi connectivity index (χ2n) is 5.20. The van der Waals surface area contributed by atoms with Gasteiger partial charge in [0.25, 0.3) is 0 Å². The van der Waals surface area contributed by atoms with Gasteiger partial charge in [0.1, 0.15) is 0 Å². The third-order valence-corrected chi connectivity index (χ3v) is 4.32. The zero-order valence-corrected chi connectivity index (χ0v) is 10.3. The molecule has 0 aromatic carbocycles. The molecule has 16 heavy (non-hydrogen) atoms. The fourth-order valence-corrected chi connectivity index (χ4v) is 3.29. The average molecular weight is 225 g/mol. The summed E-state index contributed by atoms with van der Waals surface area (Å²) in [6.07, 6.45) is 9.44. The highest BCUT2D eigenvalue weighted by Crippen LogP contribution is 2.51. The highest BCUT2D eigenvalue weighted by molar-refractivity contribution is 5.71. The molecule has 3 nitrogen and oxygen atoms in total. The van der Waals surface area contributed by atoms with Gasteiger partial charge in [-0.05, 0) is 38.0 Å². The van der Waals surface area contributed by atoms with Gasteiger partial charge in [0.2, 0.25) is 0 Å². The Morgan fingerprint density at radius 3 is 2.62 bits per heavy atom. The summed E-state index contributed by atoms with van der Waals surface area (Å²) < 4.78 is 4.94. The van der Waals surface area contributed by atoms with Crippen LogP contribution >= 0.6 is 0 Å². The lowest BCUT2D eigenvalue weighted by molar-refractivity contribution is -0.142. The van der Waals surface area contributed by atoms with E-state index in [0.29, 0.717) is 24.6 Å². The molecule has 0 aromatic heterocycles. The summed E-state index contributed by atoms with van der Waals surface area (Å²) in [6.45, 7) is 2.72. The van der Waals surface area contributed by atoms with Crippen LogP contribution in [-0.4, -0.2) is 25.2 Å². The van der Waals surface area contributed by atoms with E-state index < -0.39 is 0 Å². The monoisotopic (exact) mass is 225 g/mol. The van der Waals surface area contributed by atoms with Crippen LogP contribution in [0.4, 0.5) is 0 Å². The lowest BCUT2D eigenvalue weighted by Gasteiger charge is -2.52. The summed E-state index contributed by atoms with van der Waals surface area (Å²) >= 11 is 0. The molecule has 0 aromatic rings. The Kier molecular flexibility index (Phi) is 3.85. The van der Waals surface area contributed by atoms with Gasteiger partial charge in [0.15, 0.2) is 0 Å². The number of carbonyl (C=O) groups is 1. The first-order valence-corrected chi connectivity index (χ1v) is 6.66. The highest BCUT2D eigenvalue weighted by Gasteiger charge is 2.46. The van der Waals surface area contributed by atoms with Gasteiger partial charge in [-0.15, -0.1) is 0 Å². The predicted molar refractivity (Wildman–Crippen MR) is 63.2 cm³/mol. The molecule has 0 bridgehead atoms. The summed E-state index contributed by atoms with van der Waals surface area (Å²) in [5, 5.41) is 3.39. The van der Waals surface area contributed by atoms with E-state index >= 15 is 0 Å². The minimum Gasteiger partial charge on any atom is -0.465 e. The summed E-state index contributed by atoms with van der Waals surface area (Å²) in [5.74, 6) is -0.111. The minimum absolute atomic E-state index is 0.111. The number of nitrogens with one attached hydrogen (secondary N) is 1. The van der Waals surface area contributed by atoms with Gasteiger partial charge >= 0.3 is 5.97 Å². The van der Waals surface area contributed by atoms with Crippen LogP contribution in [0.2, 0.25) is 0 Å². The van der Waals surface area contributed by atoms with Crippen LogP contribution in [0, 0.1) is 5.41 Å². The van der Waals surface area contributed by atoms with Gasteiger partial charge in [-0.3, -0.25) is 4.79 Å². The van der Waals surface area contributed by atoms with E-state index in [4.69, 9.17) is 4.74 Å². The van der Waals surface area contributed by atoms with E-state index in [0.717, 1.165) is 0 Å². The van der Waals surface area contributed by atoms with Crippen molar-refractivity contribution in [1.82, 2.24) is 5.32 Å². The van der Waals surface area contributed by atoms with Crippen molar-refractivity contribution < 1.29 is 9.53 Å². The molecule has 1 spiro atoms. The van der Waals surface area contributed by atoms with Crippen LogP contribution in [0.1, 0.15) is 51.9 Å². The predicted octanol–water partition coefficient (Wildman–Crippen LogP) is 2.25. The molecule has 2 rings (SSSR count). The van der Waals surface area contributed by atoms with Crippen molar-refractivity contribution in [1.29, 1.82) is 0 Å². The normalized spacial score (nSPS) is 27.4. The van der Waals surface area contributed by atoms with E-state index in [1.54, 1.807) is 0 Å². The van der Waals surface area contributed by atoms with Crippen LogP contribution in [0.25, 0.3) is 0 Å². The maximum Gasteiger partial charge on any atom is 0.319 e. The number of esters is 1. The van der Waals surface area contributed by atoms with Crippen molar-refractivity contribution in [2.24, 2.45) is 5.41 Å². The topological polar surface area (TPSA) is 38.3 Å². The Morgan fingerprint density at radius 1 is 1.31 bits per heavy atom. The first kappa shape index (κ1) is 11.9. The summed E-state index contributed by atoms with van der Waals surface area (Å²) in [7, 11) is 0. The van der Waals surface area contributed by atoms with Gasteiger partial charge in [-0.25, -0.2) is 0 Å². The summed E-state index contributed by atoms with van der Waals surface area (Å²) in [6, 6.07) is 0.567. The fourth-order valence-electron chi connectivity index (χ4n) is 3.29.